The molecular formula is C11H11BrN4S. The zero-order chi connectivity index (χ0) is 11.7. The Bertz CT molecular complexity index is 506. The minimum atomic E-state index is 0.539. The van der Waals surface area contributed by atoms with E-state index in [2.05, 4.69) is 55.7 Å². The molecule has 0 atom stereocenters. The van der Waals surface area contributed by atoms with Gasteiger partial charge in [0.1, 0.15) is 0 Å². The molecular weight excluding hydrogens is 300 g/mol. The van der Waals surface area contributed by atoms with Crippen molar-refractivity contribution in [3.63, 3.8) is 0 Å². The van der Waals surface area contributed by atoms with Crippen LogP contribution in [-0.4, -0.2) is 20.2 Å². The quantitative estimate of drug-likeness (QED) is 0.814. The maximum atomic E-state index is 4.07. The van der Waals surface area contributed by atoms with Gasteiger partial charge in [-0.15, -0.1) is 5.10 Å². The van der Waals surface area contributed by atoms with Gasteiger partial charge in [-0.05, 0) is 41.0 Å². The van der Waals surface area contributed by atoms with Crippen LogP contribution in [0.2, 0.25) is 0 Å². The normalized spacial score (nSPS) is 15.1. The molecule has 2 aromatic rings. The van der Waals surface area contributed by atoms with Gasteiger partial charge in [-0.25, -0.2) is 4.68 Å². The van der Waals surface area contributed by atoms with E-state index in [-0.39, 0.29) is 0 Å². The summed E-state index contributed by atoms with van der Waals surface area (Å²) in [5.41, 5.74) is 1.28. The fourth-order valence-electron chi connectivity index (χ4n) is 1.56. The third-order valence-electron chi connectivity index (χ3n) is 2.64. The van der Waals surface area contributed by atoms with Gasteiger partial charge in [0.25, 0.3) is 0 Å². The number of halogens is 1. The van der Waals surface area contributed by atoms with E-state index >= 15 is 0 Å². The molecule has 0 aliphatic heterocycles. The second-order valence-corrected chi connectivity index (χ2v) is 5.91. The summed E-state index contributed by atoms with van der Waals surface area (Å²) >= 11 is 5.12. The van der Waals surface area contributed by atoms with E-state index in [1.54, 1.807) is 11.8 Å². The summed E-state index contributed by atoms with van der Waals surface area (Å²) in [4.78, 5) is 0. The summed E-state index contributed by atoms with van der Waals surface area (Å²) < 4.78 is 3.05. The highest BCUT2D eigenvalue weighted by atomic mass is 79.9. The molecule has 0 bridgehead atoms. The predicted molar refractivity (Wildman–Crippen MR) is 69.8 cm³/mol. The second-order valence-electron chi connectivity index (χ2n) is 4.05. The Morgan fingerprint density at radius 3 is 2.76 bits per heavy atom. The van der Waals surface area contributed by atoms with Gasteiger partial charge >= 0.3 is 0 Å². The van der Waals surface area contributed by atoms with Crippen LogP contribution in [0.4, 0.5) is 0 Å². The molecule has 1 fully saturated rings. The van der Waals surface area contributed by atoms with Crippen molar-refractivity contribution in [2.75, 3.05) is 0 Å². The minimum Gasteiger partial charge on any atom is -0.217 e. The smallest absolute Gasteiger partial charge is 0.209 e. The molecule has 0 unspecified atom stereocenters. The molecule has 3 rings (SSSR count). The number of hydrogen-bond acceptors (Lipinski definition) is 4. The summed E-state index contributed by atoms with van der Waals surface area (Å²) in [5.74, 6) is 0.903. The molecule has 1 aliphatic rings. The Morgan fingerprint density at radius 2 is 2.06 bits per heavy atom. The average Bonchev–Trinajstić information content (AvgIpc) is 3.08. The maximum absolute atomic E-state index is 4.07. The first-order valence-electron chi connectivity index (χ1n) is 5.48. The van der Waals surface area contributed by atoms with Crippen LogP contribution in [-0.2, 0) is 5.75 Å². The van der Waals surface area contributed by atoms with Gasteiger partial charge in [0.15, 0.2) is 0 Å². The van der Waals surface area contributed by atoms with Gasteiger partial charge in [0.05, 0.1) is 6.04 Å². The largest absolute Gasteiger partial charge is 0.217 e. The molecule has 1 heterocycles. The second kappa shape index (κ2) is 4.78. The lowest BCUT2D eigenvalue weighted by Gasteiger charge is -2.02. The summed E-state index contributed by atoms with van der Waals surface area (Å²) in [7, 11) is 0. The van der Waals surface area contributed by atoms with Crippen molar-refractivity contribution in [3.05, 3.63) is 34.3 Å². The fraction of sp³-hybridized carbons (Fsp3) is 0.364. The lowest BCUT2D eigenvalue weighted by molar-refractivity contribution is 0.565. The Hall–Kier alpha value is -0.880. The number of tetrazole rings is 1. The zero-order valence-corrected chi connectivity index (χ0v) is 11.5. The van der Waals surface area contributed by atoms with E-state index in [9.17, 15) is 0 Å². The van der Waals surface area contributed by atoms with Crippen LogP contribution in [0, 0.1) is 0 Å². The van der Waals surface area contributed by atoms with Crippen LogP contribution in [0.15, 0.2) is 33.9 Å². The van der Waals surface area contributed by atoms with E-state index in [1.165, 1.54) is 18.4 Å². The van der Waals surface area contributed by atoms with Crippen LogP contribution < -0.4 is 0 Å². The van der Waals surface area contributed by atoms with E-state index in [0.29, 0.717) is 6.04 Å². The number of rotatable bonds is 4. The van der Waals surface area contributed by atoms with E-state index in [4.69, 9.17) is 0 Å². The molecule has 88 valence electrons. The number of nitrogens with zero attached hydrogens (tertiary/aromatic N) is 4. The van der Waals surface area contributed by atoms with Crippen LogP contribution in [0.3, 0.4) is 0 Å². The summed E-state index contributed by atoms with van der Waals surface area (Å²) in [5, 5.41) is 12.8. The molecule has 1 aromatic carbocycles. The summed E-state index contributed by atoms with van der Waals surface area (Å²) in [6.45, 7) is 0. The fourth-order valence-corrected chi connectivity index (χ4v) is 2.72. The highest BCUT2D eigenvalue weighted by molar-refractivity contribution is 9.10. The van der Waals surface area contributed by atoms with Gasteiger partial charge in [-0.2, -0.15) is 0 Å². The lowest BCUT2D eigenvalue weighted by atomic mass is 10.2. The van der Waals surface area contributed by atoms with Gasteiger partial charge in [-0.1, -0.05) is 39.8 Å². The Kier molecular flexibility index (Phi) is 3.15. The molecule has 1 aliphatic carbocycles. The minimum absolute atomic E-state index is 0.539. The topological polar surface area (TPSA) is 43.6 Å². The van der Waals surface area contributed by atoms with Crippen molar-refractivity contribution in [2.45, 2.75) is 29.8 Å². The van der Waals surface area contributed by atoms with Gasteiger partial charge in [-0.3, -0.25) is 0 Å². The van der Waals surface area contributed by atoms with E-state index in [0.717, 1.165) is 15.4 Å². The van der Waals surface area contributed by atoms with Crippen LogP contribution in [0.1, 0.15) is 24.4 Å². The monoisotopic (exact) mass is 310 g/mol. The van der Waals surface area contributed by atoms with Crippen LogP contribution in [0.25, 0.3) is 0 Å². The summed E-state index contributed by atoms with van der Waals surface area (Å²) in [6, 6.07) is 8.88. The SMILES string of the molecule is Brc1ccc(CSc2nnnn2C2CC2)cc1. The zero-order valence-electron chi connectivity index (χ0n) is 9.08. The van der Waals surface area contributed by atoms with Crippen molar-refractivity contribution < 1.29 is 0 Å². The standard InChI is InChI=1S/C11H11BrN4S/c12-9-3-1-8(2-4-9)7-17-11-13-14-15-16(11)10-5-6-10/h1-4,10H,5-7H2. The van der Waals surface area contributed by atoms with Crippen LogP contribution in [0.5, 0.6) is 0 Å². The first-order valence-corrected chi connectivity index (χ1v) is 7.26. The molecule has 6 heteroatoms. The Balaban J connectivity index is 1.67. The first kappa shape index (κ1) is 11.2. The third-order valence-corrected chi connectivity index (χ3v) is 4.17. The van der Waals surface area contributed by atoms with Crippen molar-refractivity contribution in [3.8, 4) is 0 Å². The van der Waals surface area contributed by atoms with Crippen molar-refractivity contribution in [2.24, 2.45) is 0 Å². The van der Waals surface area contributed by atoms with Crippen molar-refractivity contribution >= 4 is 27.7 Å². The van der Waals surface area contributed by atoms with Crippen LogP contribution >= 0.6 is 27.7 Å². The molecule has 1 saturated carbocycles. The lowest BCUT2D eigenvalue weighted by Crippen LogP contribution is -1.98. The number of hydrogen-bond donors (Lipinski definition) is 0. The third kappa shape index (κ3) is 2.69. The van der Waals surface area contributed by atoms with Gasteiger partial charge in [0, 0.05) is 10.2 Å². The molecule has 0 amide bonds. The number of aromatic nitrogens is 4. The molecule has 0 spiro atoms. The molecule has 17 heavy (non-hydrogen) atoms. The molecule has 1 aromatic heterocycles. The van der Waals surface area contributed by atoms with E-state index < -0.39 is 0 Å². The highest BCUT2D eigenvalue weighted by Gasteiger charge is 2.27. The molecule has 4 nitrogen and oxygen atoms in total. The molecule has 0 saturated heterocycles. The van der Waals surface area contributed by atoms with E-state index in [1.807, 2.05) is 4.68 Å². The number of thioether (sulfide) groups is 1. The maximum Gasteiger partial charge on any atom is 0.209 e. The van der Waals surface area contributed by atoms with Gasteiger partial charge < -0.3 is 0 Å². The predicted octanol–water partition coefficient (Wildman–Crippen LogP) is 3.06. The summed E-state index contributed by atoms with van der Waals surface area (Å²) in [6.07, 6.45) is 2.41. The van der Waals surface area contributed by atoms with Gasteiger partial charge in [0.2, 0.25) is 5.16 Å². The highest BCUT2D eigenvalue weighted by Crippen LogP contribution is 2.36. The Morgan fingerprint density at radius 1 is 1.29 bits per heavy atom. The average molecular weight is 311 g/mol. The number of benzene rings is 1. The molecule has 0 N–H and O–H groups in total. The van der Waals surface area contributed by atoms with Crippen molar-refractivity contribution in [1.29, 1.82) is 0 Å². The molecule has 0 radical (unpaired) electrons. The first-order chi connectivity index (χ1) is 8.33. The van der Waals surface area contributed by atoms with Crippen molar-refractivity contribution in [1.82, 2.24) is 20.2 Å². The Labute approximate surface area is 112 Å².